The molecule has 1 saturated heterocycles. The largest absolute Gasteiger partial charge is 0.478 e. The first kappa shape index (κ1) is 25.1. The number of benzene rings is 2. The van der Waals surface area contributed by atoms with Gasteiger partial charge in [0.25, 0.3) is 0 Å². The summed E-state index contributed by atoms with van der Waals surface area (Å²) in [6.07, 6.45) is 0. The van der Waals surface area contributed by atoms with Crippen molar-refractivity contribution in [3.05, 3.63) is 65.7 Å². The standard InChI is InChI=1S/C24H27N3O2.2ClH/c1-17(2)27-14-12-26(13-15-27)16-20-22(24(28)29)19-10-6-7-11-21(19)25-23(20)18-8-4-3-5-9-18;;/h3-11,17H,12-16H2,1-2H3,(H,28,29);2*1H. The number of hydrogen-bond acceptors (Lipinski definition) is 4. The maximum atomic E-state index is 12.3. The van der Waals surface area contributed by atoms with Crippen LogP contribution in [0.1, 0.15) is 29.8 Å². The van der Waals surface area contributed by atoms with Crippen LogP contribution in [0.5, 0.6) is 0 Å². The first-order valence-corrected chi connectivity index (χ1v) is 10.2. The van der Waals surface area contributed by atoms with Crippen LogP contribution in [-0.4, -0.2) is 58.1 Å². The molecule has 7 heteroatoms. The van der Waals surface area contributed by atoms with Crippen molar-refractivity contribution in [2.24, 2.45) is 0 Å². The van der Waals surface area contributed by atoms with E-state index in [0.29, 0.717) is 23.5 Å². The van der Waals surface area contributed by atoms with Gasteiger partial charge in [0.05, 0.1) is 16.8 Å². The minimum absolute atomic E-state index is 0. The molecule has 3 aromatic rings. The third-order valence-corrected chi connectivity index (χ3v) is 5.77. The molecule has 0 spiro atoms. The minimum Gasteiger partial charge on any atom is -0.478 e. The zero-order chi connectivity index (χ0) is 20.4. The second kappa shape index (κ2) is 10.9. The summed E-state index contributed by atoms with van der Waals surface area (Å²) in [4.78, 5) is 22.1. The summed E-state index contributed by atoms with van der Waals surface area (Å²) in [7, 11) is 0. The van der Waals surface area contributed by atoms with Crippen molar-refractivity contribution in [2.75, 3.05) is 26.2 Å². The number of carboxylic acid groups (broad SMARTS) is 1. The Morgan fingerprint density at radius 3 is 2.19 bits per heavy atom. The van der Waals surface area contributed by atoms with Crippen LogP contribution in [0.2, 0.25) is 0 Å². The van der Waals surface area contributed by atoms with Crippen LogP contribution in [0.4, 0.5) is 0 Å². The van der Waals surface area contributed by atoms with Crippen molar-refractivity contribution in [1.82, 2.24) is 14.8 Å². The zero-order valence-corrected chi connectivity index (χ0v) is 19.5. The molecule has 0 aliphatic carbocycles. The maximum absolute atomic E-state index is 12.3. The molecule has 2 aromatic carbocycles. The van der Waals surface area contributed by atoms with Crippen LogP contribution in [-0.2, 0) is 6.54 Å². The third-order valence-electron chi connectivity index (χ3n) is 5.77. The highest BCUT2D eigenvalue weighted by Crippen LogP contribution is 2.31. The number of para-hydroxylation sites is 1. The van der Waals surface area contributed by atoms with E-state index in [0.717, 1.165) is 48.5 Å². The minimum atomic E-state index is -0.892. The molecule has 0 radical (unpaired) electrons. The highest BCUT2D eigenvalue weighted by Gasteiger charge is 2.25. The number of aromatic carboxylic acids is 1. The van der Waals surface area contributed by atoms with E-state index in [-0.39, 0.29) is 24.8 Å². The number of hydrogen-bond donors (Lipinski definition) is 1. The SMILES string of the molecule is CC(C)N1CCN(Cc2c(-c3ccccc3)nc3ccccc3c2C(=O)O)CC1.Cl.Cl. The maximum Gasteiger partial charge on any atom is 0.336 e. The van der Waals surface area contributed by atoms with E-state index in [1.54, 1.807) is 0 Å². The Bertz CT molecular complexity index is 1020. The van der Waals surface area contributed by atoms with E-state index in [1.165, 1.54) is 0 Å². The number of rotatable bonds is 5. The van der Waals surface area contributed by atoms with E-state index in [1.807, 2.05) is 54.6 Å². The van der Waals surface area contributed by atoms with Crippen LogP contribution in [0, 0.1) is 0 Å². The predicted octanol–water partition coefficient (Wildman–Crippen LogP) is 4.97. The summed E-state index contributed by atoms with van der Waals surface area (Å²) in [5.74, 6) is -0.892. The number of aromatic nitrogens is 1. The molecule has 4 rings (SSSR count). The zero-order valence-electron chi connectivity index (χ0n) is 17.8. The summed E-state index contributed by atoms with van der Waals surface area (Å²) in [5, 5.41) is 10.8. The lowest BCUT2D eigenvalue weighted by molar-refractivity contribution is 0.0694. The van der Waals surface area contributed by atoms with Gasteiger partial charge in [0.15, 0.2) is 0 Å². The molecule has 1 N–H and O–H groups in total. The number of fused-ring (bicyclic) bond motifs is 1. The summed E-state index contributed by atoms with van der Waals surface area (Å²) in [5.41, 5.74) is 3.63. The molecule has 166 valence electrons. The number of piperazine rings is 1. The lowest BCUT2D eigenvalue weighted by Gasteiger charge is -2.37. The number of halogens is 2. The fourth-order valence-electron chi connectivity index (χ4n) is 4.15. The van der Waals surface area contributed by atoms with Crippen LogP contribution < -0.4 is 0 Å². The Morgan fingerprint density at radius 2 is 1.58 bits per heavy atom. The van der Waals surface area contributed by atoms with Gasteiger partial charge in [-0.05, 0) is 19.9 Å². The van der Waals surface area contributed by atoms with Crippen LogP contribution in [0.15, 0.2) is 54.6 Å². The first-order valence-electron chi connectivity index (χ1n) is 10.2. The molecule has 1 aliphatic rings. The van der Waals surface area contributed by atoms with E-state index in [2.05, 4.69) is 23.6 Å². The van der Waals surface area contributed by atoms with Crippen LogP contribution >= 0.6 is 24.8 Å². The molecule has 1 aromatic heterocycles. The van der Waals surface area contributed by atoms with Gasteiger partial charge in [-0.2, -0.15) is 0 Å². The molecule has 0 amide bonds. The van der Waals surface area contributed by atoms with Crippen molar-refractivity contribution in [2.45, 2.75) is 26.4 Å². The quantitative estimate of drug-likeness (QED) is 0.580. The fourth-order valence-corrected chi connectivity index (χ4v) is 4.15. The summed E-state index contributed by atoms with van der Waals surface area (Å²) < 4.78 is 0. The van der Waals surface area contributed by atoms with E-state index >= 15 is 0 Å². The van der Waals surface area contributed by atoms with Gasteiger partial charge in [0.1, 0.15) is 0 Å². The second-order valence-electron chi connectivity index (χ2n) is 7.91. The van der Waals surface area contributed by atoms with Gasteiger partial charge in [-0.15, -0.1) is 24.8 Å². The number of nitrogens with zero attached hydrogens (tertiary/aromatic N) is 3. The number of pyridine rings is 1. The Hall–Kier alpha value is -2.18. The van der Waals surface area contributed by atoms with Crippen molar-refractivity contribution in [3.63, 3.8) is 0 Å². The van der Waals surface area contributed by atoms with Gasteiger partial charge in [0.2, 0.25) is 0 Å². The Labute approximate surface area is 195 Å². The lowest BCUT2D eigenvalue weighted by Crippen LogP contribution is -2.48. The highest BCUT2D eigenvalue weighted by molar-refractivity contribution is 6.05. The van der Waals surface area contributed by atoms with Gasteiger partial charge in [-0.3, -0.25) is 9.80 Å². The average molecular weight is 462 g/mol. The van der Waals surface area contributed by atoms with Gasteiger partial charge in [0, 0.05) is 55.3 Å². The molecule has 2 heterocycles. The summed E-state index contributed by atoms with van der Waals surface area (Å²) >= 11 is 0. The molecule has 1 fully saturated rings. The van der Waals surface area contributed by atoms with Crippen LogP contribution in [0.3, 0.4) is 0 Å². The molecule has 0 atom stereocenters. The third kappa shape index (κ3) is 5.36. The van der Waals surface area contributed by atoms with Gasteiger partial charge >= 0.3 is 5.97 Å². The van der Waals surface area contributed by atoms with E-state index < -0.39 is 5.97 Å². The highest BCUT2D eigenvalue weighted by atomic mass is 35.5. The number of carbonyl (C=O) groups is 1. The predicted molar refractivity (Wildman–Crippen MR) is 131 cm³/mol. The number of carboxylic acids is 1. The molecule has 0 bridgehead atoms. The first-order chi connectivity index (χ1) is 14.0. The smallest absolute Gasteiger partial charge is 0.336 e. The van der Waals surface area contributed by atoms with Crippen LogP contribution in [0.25, 0.3) is 22.2 Å². The van der Waals surface area contributed by atoms with E-state index in [9.17, 15) is 9.90 Å². The van der Waals surface area contributed by atoms with Gasteiger partial charge < -0.3 is 5.11 Å². The fraction of sp³-hybridized carbons (Fsp3) is 0.333. The Balaban J connectivity index is 0.00000171. The molecular weight excluding hydrogens is 433 g/mol. The van der Waals surface area contributed by atoms with Crippen molar-refractivity contribution in [1.29, 1.82) is 0 Å². The van der Waals surface area contributed by atoms with Gasteiger partial charge in [-0.1, -0.05) is 48.5 Å². The summed E-state index contributed by atoms with van der Waals surface area (Å²) in [6, 6.07) is 18.0. The molecule has 1 aliphatic heterocycles. The Morgan fingerprint density at radius 1 is 0.968 bits per heavy atom. The van der Waals surface area contributed by atoms with Gasteiger partial charge in [-0.25, -0.2) is 9.78 Å². The summed E-state index contributed by atoms with van der Waals surface area (Å²) in [6.45, 7) is 8.90. The lowest BCUT2D eigenvalue weighted by atomic mass is 9.96. The van der Waals surface area contributed by atoms with Crippen molar-refractivity contribution >= 4 is 41.7 Å². The second-order valence-corrected chi connectivity index (χ2v) is 7.91. The average Bonchev–Trinajstić information content (AvgIpc) is 2.74. The molecule has 0 saturated carbocycles. The molecular formula is C24H29Cl2N3O2. The van der Waals surface area contributed by atoms with Crippen molar-refractivity contribution < 1.29 is 9.90 Å². The monoisotopic (exact) mass is 461 g/mol. The molecule has 31 heavy (non-hydrogen) atoms. The normalized spacial score (nSPS) is 14.8. The van der Waals surface area contributed by atoms with Crippen molar-refractivity contribution in [3.8, 4) is 11.3 Å². The van der Waals surface area contributed by atoms with E-state index in [4.69, 9.17) is 4.98 Å². The Kier molecular flexibility index (Phi) is 8.83. The molecule has 0 unspecified atom stereocenters. The topological polar surface area (TPSA) is 56.7 Å². The molecule has 5 nitrogen and oxygen atoms in total.